The smallest absolute Gasteiger partial charge is 0.334 e. The molecule has 3 aromatic heterocycles. The van der Waals surface area contributed by atoms with Gasteiger partial charge in [0.1, 0.15) is 18.6 Å². The molecule has 0 atom stereocenters. The first-order valence-electron chi connectivity index (χ1n) is 21.9. The molecule has 0 N–H and O–H groups in total. The Morgan fingerprint density at radius 3 is 1.69 bits per heavy atom. The van der Waals surface area contributed by atoms with Crippen LogP contribution in [0.5, 0.6) is 0 Å². The number of carbonyl (C=O) groups excluding carboxylic acids is 3. The third-order valence-electron chi connectivity index (χ3n) is 10.3. The number of fused-ring (bicyclic) bond motifs is 3. The number of benzene rings is 5. The van der Waals surface area contributed by atoms with Crippen molar-refractivity contribution in [3.05, 3.63) is 168 Å². The molecular weight excluding hydrogens is 866 g/mol. The van der Waals surface area contributed by atoms with Crippen molar-refractivity contribution in [3.63, 3.8) is 0 Å². The lowest BCUT2D eigenvalue weighted by molar-refractivity contribution is -0.144. The summed E-state index contributed by atoms with van der Waals surface area (Å²) in [5, 5.41) is 23.7. The number of ether oxygens (including phenoxy) is 1. The number of nitriles is 1. The molecule has 8 rings (SSSR count). The second kappa shape index (κ2) is 24.2. The van der Waals surface area contributed by atoms with Crippen LogP contribution < -0.4 is 0 Å². The average Bonchev–Trinajstić information content (AvgIpc) is 4.08. The van der Waals surface area contributed by atoms with Gasteiger partial charge >= 0.3 is 17.9 Å². The zero-order valence-electron chi connectivity index (χ0n) is 38.3. The van der Waals surface area contributed by atoms with Crippen molar-refractivity contribution in [2.24, 2.45) is 15.5 Å². The van der Waals surface area contributed by atoms with E-state index in [1.807, 2.05) is 148 Å². The summed E-state index contributed by atoms with van der Waals surface area (Å²) in [6, 6.07) is 41.6. The number of halogens is 1. The van der Waals surface area contributed by atoms with Gasteiger partial charge in [-0.1, -0.05) is 109 Å². The standard InChI is InChI=1S/C19H17FN2O2.C19H15N3O2.C15H18N2O3/c1-3-19(23)24-21-13(2)17-12-22(15-10-8-14(20)9-11-15)18-7-5-4-6-16(17)18;1-2-19(23)24-21-17(12-20)16-13-22(14-8-4-3-5-9-14)18-11-7-6-10-15(16)18;1-3-15(18)20-16-9-12-10-17(11-19-4-2)14-8-6-5-7-13(12)14/h4-12H,3H2,1-2H3;3-11,13H,2H2,1H3;5-10H,3-4,11H2,1-2H3/b21-13+;21-17+;16-9+. The molecule has 0 unspecified atom stereocenters. The van der Waals surface area contributed by atoms with Crippen LogP contribution in [-0.4, -0.2) is 55.9 Å². The van der Waals surface area contributed by atoms with E-state index in [2.05, 4.69) is 15.5 Å². The van der Waals surface area contributed by atoms with E-state index < -0.39 is 5.97 Å². The summed E-state index contributed by atoms with van der Waals surface area (Å²) < 4.78 is 24.6. The Kier molecular flexibility index (Phi) is 17.4. The predicted octanol–water partition coefficient (Wildman–Crippen LogP) is 11.2. The number of hydrogen-bond acceptors (Lipinski definition) is 11. The van der Waals surface area contributed by atoms with Crippen LogP contribution in [-0.2, 0) is 40.4 Å². The molecule has 14 nitrogen and oxygen atoms in total. The summed E-state index contributed by atoms with van der Waals surface area (Å²) in [7, 11) is 0. The van der Waals surface area contributed by atoms with Gasteiger partial charge in [0.05, 0.1) is 28.5 Å². The Labute approximate surface area is 392 Å². The van der Waals surface area contributed by atoms with Crippen molar-refractivity contribution >= 4 is 68.3 Å². The fraction of sp³-hybridized carbons (Fsp3) is 0.189. The molecule has 0 aliphatic rings. The summed E-state index contributed by atoms with van der Waals surface area (Å²) in [6.07, 6.45) is 8.02. The minimum absolute atomic E-state index is 0.0719. The molecule has 346 valence electrons. The van der Waals surface area contributed by atoms with Crippen molar-refractivity contribution in [2.75, 3.05) is 6.61 Å². The Bertz CT molecular complexity index is 3140. The van der Waals surface area contributed by atoms with Gasteiger partial charge in [0.25, 0.3) is 0 Å². The summed E-state index contributed by atoms with van der Waals surface area (Å²) in [6.45, 7) is 10.0. The van der Waals surface area contributed by atoms with Crippen molar-refractivity contribution in [1.82, 2.24) is 13.7 Å². The molecule has 0 saturated carbocycles. The van der Waals surface area contributed by atoms with Gasteiger partial charge in [-0.05, 0) is 68.4 Å². The van der Waals surface area contributed by atoms with Gasteiger partial charge in [0, 0.05) is 88.7 Å². The Morgan fingerprint density at radius 1 is 0.603 bits per heavy atom. The minimum atomic E-state index is -0.477. The molecule has 3 heterocycles. The first-order valence-corrected chi connectivity index (χ1v) is 21.9. The van der Waals surface area contributed by atoms with E-state index in [0.717, 1.165) is 55.2 Å². The SMILES string of the molecule is CCC(=O)O/N=C(\C#N)c1cn(-c2ccccc2)c2ccccc12.CCC(=O)O/N=C(\C)c1cn(-c2ccc(F)cc2)c2ccccc12.CCOCn1cc(/C=N/OC(=O)CC)c2ccccc21. The highest BCUT2D eigenvalue weighted by molar-refractivity contribution is 6.18. The molecular formula is C53H50FN7O7. The highest BCUT2D eigenvalue weighted by Gasteiger charge is 2.16. The quantitative estimate of drug-likeness (QED) is 0.0591. The summed E-state index contributed by atoms with van der Waals surface area (Å²) in [4.78, 5) is 48.0. The molecule has 0 aliphatic heterocycles. The molecule has 0 radical (unpaired) electrons. The molecule has 0 saturated heterocycles. The number of oxime groups is 3. The van der Waals surface area contributed by atoms with Crippen LogP contribution in [0.25, 0.3) is 44.1 Å². The zero-order chi connectivity index (χ0) is 48.4. The molecule has 68 heavy (non-hydrogen) atoms. The van der Waals surface area contributed by atoms with E-state index in [1.165, 1.54) is 12.1 Å². The van der Waals surface area contributed by atoms with E-state index in [1.54, 1.807) is 46.0 Å². The number of nitrogens with zero attached hydrogens (tertiary/aromatic N) is 7. The van der Waals surface area contributed by atoms with Gasteiger partial charge in [-0.2, -0.15) is 5.26 Å². The minimum Gasteiger partial charge on any atom is -0.361 e. The lowest BCUT2D eigenvalue weighted by Gasteiger charge is -2.04. The van der Waals surface area contributed by atoms with Gasteiger partial charge in [0.15, 0.2) is 5.71 Å². The maximum absolute atomic E-state index is 13.2. The van der Waals surface area contributed by atoms with Gasteiger partial charge in [-0.15, -0.1) is 0 Å². The zero-order valence-corrected chi connectivity index (χ0v) is 38.3. The second-order valence-corrected chi connectivity index (χ2v) is 14.8. The van der Waals surface area contributed by atoms with Crippen LogP contribution >= 0.6 is 0 Å². The van der Waals surface area contributed by atoms with Crippen LogP contribution in [0.3, 0.4) is 0 Å². The van der Waals surface area contributed by atoms with Crippen molar-refractivity contribution in [1.29, 1.82) is 5.26 Å². The largest absolute Gasteiger partial charge is 0.361 e. The lowest BCUT2D eigenvalue weighted by Crippen LogP contribution is -2.02. The fourth-order valence-corrected chi connectivity index (χ4v) is 6.86. The molecule has 15 heteroatoms. The van der Waals surface area contributed by atoms with E-state index in [9.17, 15) is 24.0 Å². The predicted molar refractivity (Wildman–Crippen MR) is 261 cm³/mol. The summed E-state index contributed by atoms with van der Waals surface area (Å²) in [5.74, 6) is -1.48. The van der Waals surface area contributed by atoms with E-state index in [0.29, 0.717) is 31.0 Å². The number of hydrogen-bond donors (Lipinski definition) is 0. The van der Waals surface area contributed by atoms with Crippen molar-refractivity contribution in [3.8, 4) is 17.4 Å². The van der Waals surface area contributed by atoms with Crippen LogP contribution in [0.2, 0.25) is 0 Å². The molecule has 8 aromatic rings. The molecule has 0 amide bonds. The van der Waals surface area contributed by atoms with Crippen LogP contribution in [0.15, 0.2) is 161 Å². The van der Waals surface area contributed by atoms with Gasteiger partial charge < -0.3 is 33.0 Å². The molecule has 5 aromatic carbocycles. The number of carbonyl (C=O) groups is 3. The number of rotatable bonds is 14. The topological polar surface area (TPSA) is 164 Å². The Balaban J connectivity index is 0.000000169. The Hall–Kier alpha value is -8.48. The van der Waals surface area contributed by atoms with Gasteiger partial charge in [0.2, 0.25) is 0 Å². The normalized spacial score (nSPS) is 11.4. The summed E-state index contributed by atoms with van der Waals surface area (Å²) >= 11 is 0. The van der Waals surface area contributed by atoms with Crippen LogP contribution in [0, 0.1) is 17.1 Å². The maximum atomic E-state index is 13.2. The first-order chi connectivity index (χ1) is 33.1. The molecule has 0 spiro atoms. The van der Waals surface area contributed by atoms with Crippen molar-refractivity contribution < 1.29 is 38.0 Å². The second-order valence-electron chi connectivity index (χ2n) is 14.8. The highest BCUT2D eigenvalue weighted by Crippen LogP contribution is 2.27. The van der Waals surface area contributed by atoms with Gasteiger partial charge in [-0.3, -0.25) is 0 Å². The first kappa shape index (κ1) is 49.0. The van der Waals surface area contributed by atoms with Crippen LogP contribution in [0.4, 0.5) is 4.39 Å². The van der Waals surface area contributed by atoms with E-state index >= 15 is 0 Å². The number of para-hydroxylation sites is 4. The third-order valence-corrected chi connectivity index (χ3v) is 10.3. The van der Waals surface area contributed by atoms with E-state index in [4.69, 9.17) is 19.2 Å². The monoisotopic (exact) mass is 915 g/mol. The van der Waals surface area contributed by atoms with Crippen LogP contribution in [0.1, 0.15) is 70.6 Å². The third kappa shape index (κ3) is 12.2. The number of aromatic nitrogens is 3. The maximum Gasteiger partial charge on any atom is 0.334 e. The lowest BCUT2D eigenvalue weighted by atomic mass is 10.1. The fourth-order valence-electron chi connectivity index (χ4n) is 6.86. The van der Waals surface area contributed by atoms with Gasteiger partial charge in [-0.25, -0.2) is 18.8 Å². The molecule has 0 fully saturated rings. The highest BCUT2D eigenvalue weighted by atomic mass is 19.1. The Morgan fingerprint density at radius 2 is 1.10 bits per heavy atom. The molecule has 0 bridgehead atoms. The molecule has 0 aliphatic carbocycles. The van der Waals surface area contributed by atoms with E-state index in [-0.39, 0.29) is 36.3 Å². The summed E-state index contributed by atoms with van der Waals surface area (Å²) in [5.41, 5.74) is 7.85. The van der Waals surface area contributed by atoms with Crippen molar-refractivity contribution in [2.45, 2.75) is 60.6 Å². The average molecular weight is 916 g/mol.